The predicted octanol–water partition coefficient (Wildman–Crippen LogP) is 2.26. The van der Waals surface area contributed by atoms with E-state index >= 15 is 0 Å². The molecule has 8 nitrogen and oxygen atoms in total. The lowest BCUT2D eigenvalue weighted by molar-refractivity contribution is 0.0975. The van der Waals surface area contributed by atoms with E-state index in [1.54, 1.807) is 30.2 Å². The molecule has 0 saturated heterocycles. The Hall–Kier alpha value is -3.16. The lowest BCUT2D eigenvalue weighted by atomic mass is 10.1. The van der Waals surface area contributed by atoms with Crippen molar-refractivity contribution in [1.29, 1.82) is 0 Å². The van der Waals surface area contributed by atoms with E-state index in [2.05, 4.69) is 25.7 Å². The van der Waals surface area contributed by atoms with Gasteiger partial charge in [0.25, 0.3) is 0 Å². The number of rotatable bonds is 1. The van der Waals surface area contributed by atoms with Crippen molar-refractivity contribution in [3.63, 3.8) is 0 Å². The van der Waals surface area contributed by atoms with Gasteiger partial charge in [-0.25, -0.2) is 4.98 Å². The third-order valence-corrected chi connectivity index (χ3v) is 3.83. The summed E-state index contributed by atoms with van der Waals surface area (Å²) in [6.45, 7) is 0.452. The van der Waals surface area contributed by atoms with Crippen LogP contribution in [0.2, 0.25) is 0 Å². The third-order valence-electron chi connectivity index (χ3n) is 3.83. The molecule has 8 heteroatoms. The summed E-state index contributed by atoms with van der Waals surface area (Å²) in [7, 11) is 1.80. The maximum absolute atomic E-state index is 12.5. The molecular weight excluding hydrogens is 308 g/mol. The Balaban J connectivity index is 1.88. The number of hydrogen-bond acceptors (Lipinski definition) is 7. The molecule has 0 saturated carbocycles. The van der Waals surface area contributed by atoms with Gasteiger partial charge >= 0.3 is 0 Å². The first-order valence-electron chi connectivity index (χ1n) is 7.69. The summed E-state index contributed by atoms with van der Waals surface area (Å²) in [6, 6.07) is 3.68. The number of carbonyl (C=O) groups is 1. The number of Topliss-reactive ketones (excluding diaryl/α,β-unsaturated/α-hetero) is 1. The van der Waals surface area contributed by atoms with Crippen molar-refractivity contribution in [1.82, 2.24) is 19.6 Å². The van der Waals surface area contributed by atoms with Gasteiger partial charge in [0.05, 0.1) is 36.4 Å². The summed E-state index contributed by atoms with van der Waals surface area (Å²) in [5, 5.41) is 10.6. The summed E-state index contributed by atoms with van der Waals surface area (Å²) < 4.78 is 7.29. The highest BCUT2D eigenvalue weighted by Crippen LogP contribution is 2.24. The van der Waals surface area contributed by atoms with Gasteiger partial charge in [-0.05, 0) is 6.42 Å². The highest BCUT2D eigenvalue weighted by atomic mass is 16.5. The normalized spacial score (nSPS) is 14.3. The van der Waals surface area contributed by atoms with E-state index < -0.39 is 0 Å². The van der Waals surface area contributed by atoms with Crippen LogP contribution in [0.4, 0.5) is 17.3 Å². The molecule has 0 unspecified atom stereocenters. The molecule has 0 radical (unpaired) electrons. The molecule has 4 heterocycles. The molecule has 0 aliphatic carbocycles. The topological polar surface area (TPSA) is 93.4 Å². The molecule has 1 aliphatic heterocycles. The fraction of sp³-hybridized carbons (Fsp3) is 0.250. The highest BCUT2D eigenvalue weighted by Gasteiger charge is 2.17. The maximum atomic E-state index is 12.5. The van der Waals surface area contributed by atoms with Crippen molar-refractivity contribution in [2.45, 2.75) is 12.8 Å². The van der Waals surface area contributed by atoms with Gasteiger partial charge in [-0.1, -0.05) is 0 Å². The van der Waals surface area contributed by atoms with Crippen LogP contribution in [0.3, 0.4) is 0 Å². The van der Waals surface area contributed by atoms with Crippen LogP contribution in [0.15, 0.2) is 30.7 Å². The first kappa shape index (κ1) is 14.4. The molecule has 0 amide bonds. The lowest BCUT2D eigenvalue weighted by Gasteiger charge is -2.10. The standard InChI is InChI=1S/C16H16N6O2/c1-17-15-6-14-20-10-5-11(8-18-7-10)24-4-2-3-13(23)12-9-19-22(15)16(12)21-14/h5-9,17H,2-4H2,1H3,(H,20,21). The molecule has 0 fully saturated rings. The van der Waals surface area contributed by atoms with E-state index in [0.717, 1.165) is 11.5 Å². The average molecular weight is 324 g/mol. The van der Waals surface area contributed by atoms with Gasteiger partial charge < -0.3 is 15.4 Å². The zero-order valence-corrected chi connectivity index (χ0v) is 13.1. The Bertz CT molecular complexity index is 920. The molecule has 4 rings (SSSR count). The predicted molar refractivity (Wildman–Crippen MR) is 89.1 cm³/mol. The van der Waals surface area contributed by atoms with E-state index in [9.17, 15) is 4.79 Å². The first-order chi connectivity index (χ1) is 11.7. The quantitative estimate of drug-likeness (QED) is 0.709. The monoisotopic (exact) mass is 324 g/mol. The van der Waals surface area contributed by atoms with E-state index in [-0.39, 0.29) is 5.78 Å². The minimum Gasteiger partial charge on any atom is -0.492 e. The Morgan fingerprint density at radius 3 is 3.08 bits per heavy atom. The number of fused-ring (bicyclic) bond motifs is 3. The van der Waals surface area contributed by atoms with Gasteiger partial charge in [-0.15, -0.1) is 0 Å². The Kier molecular flexibility index (Phi) is 3.49. The van der Waals surface area contributed by atoms with Gasteiger partial charge in [-0.3, -0.25) is 9.78 Å². The highest BCUT2D eigenvalue weighted by molar-refractivity contribution is 6.01. The van der Waals surface area contributed by atoms with E-state index in [4.69, 9.17) is 4.74 Å². The van der Waals surface area contributed by atoms with Crippen molar-refractivity contribution < 1.29 is 9.53 Å². The second-order valence-corrected chi connectivity index (χ2v) is 5.48. The molecule has 0 spiro atoms. The van der Waals surface area contributed by atoms with Crippen LogP contribution < -0.4 is 15.4 Å². The third kappa shape index (κ3) is 2.51. The number of nitrogens with one attached hydrogen (secondary N) is 2. The van der Waals surface area contributed by atoms with Crippen LogP contribution in [-0.4, -0.2) is 39.0 Å². The smallest absolute Gasteiger partial charge is 0.170 e. The summed E-state index contributed by atoms with van der Waals surface area (Å²) in [5.74, 6) is 1.99. The Morgan fingerprint density at radius 2 is 2.21 bits per heavy atom. The summed E-state index contributed by atoms with van der Waals surface area (Å²) in [5.41, 5.74) is 1.80. The van der Waals surface area contributed by atoms with E-state index in [1.165, 1.54) is 0 Å². The van der Waals surface area contributed by atoms with Crippen LogP contribution in [0.25, 0.3) is 5.65 Å². The number of pyridine rings is 1. The largest absolute Gasteiger partial charge is 0.492 e. The maximum Gasteiger partial charge on any atom is 0.170 e. The number of anilines is 3. The minimum absolute atomic E-state index is 0.00406. The van der Waals surface area contributed by atoms with Gasteiger partial charge in [0.15, 0.2) is 11.4 Å². The molecule has 3 aromatic heterocycles. The van der Waals surface area contributed by atoms with Gasteiger partial charge in [0, 0.05) is 25.6 Å². The summed E-state index contributed by atoms with van der Waals surface area (Å²) >= 11 is 0. The molecule has 122 valence electrons. The van der Waals surface area contributed by atoms with E-state index in [1.807, 2.05) is 12.1 Å². The van der Waals surface area contributed by atoms with Crippen LogP contribution in [0.1, 0.15) is 23.2 Å². The first-order valence-corrected chi connectivity index (χ1v) is 7.69. The zero-order valence-electron chi connectivity index (χ0n) is 13.1. The number of hydrogen-bond donors (Lipinski definition) is 2. The number of nitrogens with zero attached hydrogens (tertiary/aromatic N) is 4. The lowest BCUT2D eigenvalue weighted by Crippen LogP contribution is -2.06. The van der Waals surface area contributed by atoms with Crippen molar-refractivity contribution in [3.05, 3.63) is 36.3 Å². The van der Waals surface area contributed by atoms with Crippen LogP contribution in [0.5, 0.6) is 5.75 Å². The molecule has 0 aromatic carbocycles. The van der Waals surface area contributed by atoms with E-state index in [0.29, 0.717) is 42.2 Å². The van der Waals surface area contributed by atoms with Crippen LogP contribution in [0, 0.1) is 0 Å². The molecule has 24 heavy (non-hydrogen) atoms. The van der Waals surface area contributed by atoms with Crippen molar-refractivity contribution in [2.24, 2.45) is 0 Å². The molecule has 4 bridgehead atoms. The van der Waals surface area contributed by atoms with Crippen molar-refractivity contribution >= 4 is 28.8 Å². The van der Waals surface area contributed by atoms with Crippen molar-refractivity contribution in [3.8, 4) is 5.75 Å². The van der Waals surface area contributed by atoms with Crippen LogP contribution in [-0.2, 0) is 0 Å². The second-order valence-electron chi connectivity index (χ2n) is 5.48. The van der Waals surface area contributed by atoms with Gasteiger partial charge in [0.2, 0.25) is 0 Å². The molecular formula is C16H16N6O2. The number of ether oxygens (including phenoxy) is 1. The fourth-order valence-corrected chi connectivity index (χ4v) is 2.67. The molecule has 1 aliphatic rings. The SMILES string of the molecule is CNc1cc2nc3c(cnn13)C(=O)CCCOc1cncc(c1)N2. The Labute approximate surface area is 137 Å². The minimum atomic E-state index is 0.00406. The Morgan fingerprint density at radius 1 is 1.29 bits per heavy atom. The number of ketones is 1. The van der Waals surface area contributed by atoms with Crippen LogP contribution >= 0.6 is 0 Å². The van der Waals surface area contributed by atoms with Gasteiger partial charge in [0.1, 0.15) is 17.4 Å². The molecule has 0 atom stereocenters. The molecule has 3 aromatic rings. The number of aromatic nitrogens is 4. The summed E-state index contributed by atoms with van der Waals surface area (Å²) in [6.07, 6.45) is 5.91. The van der Waals surface area contributed by atoms with Gasteiger partial charge in [-0.2, -0.15) is 9.61 Å². The second kappa shape index (κ2) is 5.80. The zero-order chi connectivity index (χ0) is 16.5. The average Bonchev–Trinajstić information content (AvgIpc) is 3.01. The van der Waals surface area contributed by atoms with Crippen molar-refractivity contribution in [2.75, 3.05) is 24.3 Å². The molecule has 2 N–H and O–H groups in total. The fourth-order valence-electron chi connectivity index (χ4n) is 2.67. The number of carbonyl (C=O) groups excluding carboxylic acids is 1. The summed E-state index contributed by atoms with van der Waals surface area (Å²) in [4.78, 5) is 21.2.